The van der Waals surface area contributed by atoms with Crippen molar-refractivity contribution < 1.29 is 13.2 Å². The largest absolute Gasteiger partial charge is 0.375 e. The van der Waals surface area contributed by atoms with E-state index in [1.807, 2.05) is 11.8 Å². The van der Waals surface area contributed by atoms with Crippen molar-refractivity contribution in [2.75, 3.05) is 32.0 Å². The molecular formula is C12H26IN3O3S. The van der Waals surface area contributed by atoms with Crippen LogP contribution in [-0.4, -0.2) is 62.1 Å². The molecule has 0 aliphatic carbocycles. The highest BCUT2D eigenvalue weighted by atomic mass is 127. The molecule has 1 saturated heterocycles. The van der Waals surface area contributed by atoms with E-state index in [1.54, 1.807) is 20.8 Å². The molecule has 1 fully saturated rings. The SMILES string of the molecule is CC1CN(C(N)=NCCS(=O)(=O)C(C)(C)C)CCO1.I. The molecule has 1 unspecified atom stereocenters. The number of nitrogens with zero attached hydrogens (tertiary/aromatic N) is 2. The van der Waals surface area contributed by atoms with Gasteiger partial charge >= 0.3 is 0 Å². The normalized spacial score (nSPS) is 21.5. The Morgan fingerprint density at radius 3 is 2.55 bits per heavy atom. The van der Waals surface area contributed by atoms with Gasteiger partial charge in [-0.25, -0.2) is 8.42 Å². The Balaban J connectivity index is 0.00000361. The van der Waals surface area contributed by atoms with Crippen LogP contribution in [0.25, 0.3) is 0 Å². The smallest absolute Gasteiger partial charge is 0.191 e. The third-order valence-electron chi connectivity index (χ3n) is 3.13. The second-order valence-electron chi connectivity index (χ2n) is 5.80. The van der Waals surface area contributed by atoms with E-state index in [0.29, 0.717) is 25.7 Å². The van der Waals surface area contributed by atoms with Crippen molar-refractivity contribution in [3.8, 4) is 0 Å². The molecule has 1 heterocycles. The van der Waals surface area contributed by atoms with Crippen LogP contribution >= 0.6 is 24.0 Å². The van der Waals surface area contributed by atoms with Crippen LogP contribution < -0.4 is 5.73 Å². The van der Waals surface area contributed by atoms with Gasteiger partial charge < -0.3 is 15.4 Å². The molecule has 8 heteroatoms. The van der Waals surface area contributed by atoms with Gasteiger partial charge in [-0.3, -0.25) is 4.99 Å². The Morgan fingerprint density at radius 2 is 2.05 bits per heavy atom. The lowest BCUT2D eigenvalue weighted by Gasteiger charge is -2.31. The van der Waals surface area contributed by atoms with Crippen molar-refractivity contribution in [2.24, 2.45) is 10.7 Å². The molecule has 6 nitrogen and oxygen atoms in total. The molecule has 120 valence electrons. The summed E-state index contributed by atoms with van der Waals surface area (Å²) in [6, 6.07) is 0. The van der Waals surface area contributed by atoms with Gasteiger partial charge in [-0.15, -0.1) is 24.0 Å². The highest BCUT2D eigenvalue weighted by Crippen LogP contribution is 2.15. The summed E-state index contributed by atoms with van der Waals surface area (Å²) in [6.45, 7) is 9.28. The summed E-state index contributed by atoms with van der Waals surface area (Å²) in [7, 11) is -3.14. The van der Waals surface area contributed by atoms with Crippen LogP contribution in [0.3, 0.4) is 0 Å². The molecule has 0 spiro atoms. The molecule has 1 rings (SSSR count). The van der Waals surface area contributed by atoms with Crippen molar-refractivity contribution in [3.63, 3.8) is 0 Å². The van der Waals surface area contributed by atoms with Crippen molar-refractivity contribution in [2.45, 2.75) is 38.5 Å². The summed E-state index contributed by atoms with van der Waals surface area (Å²) in [5.41, 5.74) is 5.87. The third-order valence-corrected chi connectivity index (χ3v) is 5.72. The van der Waals surface area contributed by atoms with Crippen molar-refractivity contribution in [3.05, 3.63) is 0 Å². The molecule has 20 heavy (non-hydrogen) atoms. The van der Waals surface area contributed by atoms with E-state index in [0.717, 1.165) is 0 Å². The van der Waals surface area contributed by atoms with Crippen LogP contribution in [0.15, 0.2) is 4.99 Å². The predicted molar refractivity (Wildman–Crippen MR) is 92.4 cm³/mol. The Kier molecular flexibility index (Phi) is 7.75. The van der Waals surface area contributed by atoms with Gasteiger partial charge in [0.05, 0.1) is 29.8 Å². The van der Waals surface area contributed by atoms with Gasteiger partial charge in [0, 0.05) is 13.1 Å². The molecule has 0 aromatic carbocycles. The van der Waals surface area contributed by atoms with Gasteiger partial charge in [0.2, 0.25) is 0 Å². The zero-order chi connectivity index (χ0) is 14.7. The first-order valence-corrected chi connectivity index (χ1v) is 8.17. The van der Waals surface area contributed by atoms with Crippen LogP contribution in [0.1, 0.15) is 27.7 Å². The summed E-state index contributed by atoms with van der Waals surface area (Å²) in [5, 5.41) is 0. The van der Waals surface area contributed by atoms with E-state index in [-0.39, 0.29) is 42.4 Å². The van der Waals surface area contributed by atoms with Crippen LogP contribution in [0, 0.1) is 0 Å². The van der Waals surface area contributed by atoms with Crippen LogP contribution in [0.5, 0.6) is 0 Å². The monoisotopic (exact) mass is 419 g/mol. The molecule has 1 aliphatic rings. The van der Waals surface area contributed by atoms with Gasteiger partial charge in [0.15, 0.2) is 15.8 Å². The average molecular weight is 419 g/mol. The number of hydrogen-bond donors (Lipinski definition) is 1. The second kappa shape index (κ2) is 7.79. The van der Waals surface area contributed by atoms with E-state index in [4.69, 9.17) is 10.5 Å². The van der Waals surface area contributed by atoms with E-state index >= 15 is 0 Å². The molecule has 0 aromatic heterocycles. The van der Waals surface area contributed by atoms with Crippen molar-refractivity contribution >= 4 is 39.8 Å². The fraction of sp³-hybridized carbons (Fsp3) is 0.917. The Bertz CT molecular complexity index is 432. The van der Waals surface area contributed by atoms with E-state index in [2.05, 4.69) is 4.99 Å². The Hall–Kier alpha value is -0.0900. The predicted octanol–water partition coefficient (Wildman–Crippen LogP) is 0.853. The van der Waals surface area contributed by atoms with Gasteiger partial charge in [-0.1, -0.05) is 0 Å². The summed E-state index contributed by atoms with van der Waals surface area (Å²) in [5.74, 6) is 0.427. The van der Waals surface area contributed by atoms with Gasteiger partial charge in [0.25, 0.3) is 0 Å². The summed E-state index contributed by atoms with van der Waals surface area (Å²) in [6.07, 6.45) is 0.126. The summed E-state index contributed by atoms with van der Waals surface area (Å²) < 4.78 is 28.5. The van der Waals surface area contributed by atoms with E-state index in [9.17, 15) is 8.42 Å². The molecule has 2 N–H and O–H groups in total. The van der Waals surface area contributed by atoms with Crippen molar-refractivity contribution in [1.29, 1.82) is 0 Å². The second-order valence-corrected chi connectivity index (χ2v) is 8.66. The van der Waals surface area contributed by atoms with Crippen LogP contribution in [0.4, 0.5) is 0 Å². The molecule has 1 aliphatic heterocycles. The van der Waals surface area contributed by atoms with Gasteiger partial charge in [-0.05, 0) is 27.7 Å². The maximum Gasteiger partial charge on any atom is 0.191 e. The van der Waals surface area contributed by atoms with E-state index < -0.39 is 14.6 Å². The molecule has 1 atom stereocenters. The van der Waals surface area contributed by atoms with Gasteiger partial charge in [0.1, 0.15) is 0 Å². The van der Waals surface area contributed by atoms with E-state index in [1.165, 1.54) is 0 Å². The highest BCUT2D eigenvalue weighted by molar-refractivity contribution is 14.0. The molecule has 0 bridgehead atoms. The molecule has 0 saturated carbocycles. The first kappa shape index (κ1) is 19.9. The molecule has 0 aromatic rings. The maximum absolute atomic E-state index is 11.9. The quantitative estimate of drug-likeness (QED) is 0.417. The third kappa shape index (κ3) is 5.72. The minimum Gasteiger partial charge on any atom is -0.375 e. The van der Waals surface area contributed by atoms with Crippen LogP contribution in [-0.2, 0) is 14.6 Å². The summed E-state index contributed by atoms with van der Waals surface area (Å²) in [4.78, 5) is 6.10. The number of sulfone groups is 1. The minimum atomic E-state index is -3.14. The number of rotatable bonds is 3. The molecule has 0 radical (unpaired) electrons. The van der Waals surface area contributed by atoms with Crippen molar-refractivity contribution in [1.82, 2.24) is 4.90 Å². The first-order chi connectivity index (χ1) is 8.63. The number of nitrogens with two attached hydrogens (primary N) is 1. The lowest BCUT2D eigenvalue weighted by molar-refractivity contribution is 0.00531. The molecular weight excluding hydrogens is 393 g/mol. The standard InChI is InChI=1S/C12H25N3O3S.HI/c1-10-9-15(6-7-18-10)11(13)14-5-8-19(16,17)12(2,3)4;/h10H,5-9H2,1-4H3,(H2,13,14);1H. The number of hydrogen-bond acceptors (Lipinski definition) is 4. The number of halogens is 1. The Morgan fingerprint density at radius 1 is 1.45 bits per heavy atom. The fourth-order valence-corrected chi connectivity index (χ4v) is 2.66. The first-order valence-electron chi connectivity index (χ1n) is 6.52. The lowest BCUT2D eigenvalue weighted by Crippen LogP contribution is -2.48. The maximum atomic E-state index is 11.9. The fourth-order valence-electron chi connectivity index (χ4n) is 1.71. The van der Waals surface area contributed by atoms with Gasteiger partial charge in [-0.2, -0.15) is 0 Å². The topological polar surface area (TPSA) is 85.0 Å². The lowest BCUT2D eigenvalue weighted by atomic mass is 10.3. The summed E-state index contributed by atoms with van der Waals surface area (Å²) >= 11 is 0. The number of morpholine rings is 1. The highest BCUT2D eigenvalue weighted by Gasteiger charge is 2.28. The Labute approximate surface area is 139 Å². The average Bonchev–Trinajstić information content (AvgIpc) is 2.27. The number of guanidine groups is 1. The molecule has 0 amide bonds. The minimum absolute atomic E-state index is 0. The van der Waals surface area contributed by atoms with Crippen LogP contribution in [0.2, 0.25) is 0 Å². The number of ether oxygens (including phenoxy) is 1. The number of aliphatic imine (C=N–C) groups is 1. The zero-order valence-electron chi connectivity index (χ0n) is 12.6. The zero-order valence-corrected chi connectivity index (χ0v) is 15.8.